The molecule has 0 unspecified atom stereocenters. The van der Waals surface area contributed by atoms with Crippen molar-refractivity contribution in [2.75, 3.05) is 42.1 Å². The minimum Gasteiger partial charge on any atom is -0.484 e. The third kappa shape index (κ3) is 9.25. The van der Waals surface area contributed by atoms with Crippen molar-refractivity contribution in [3.05, 3.63) is 52.5 Å². The van der Waals surface area contributed by atoms with Gasteiger partial charge in [0, 0.05) is 31.0 Å². The molecular formula is C21H27Cl2N3O4S. The predicted molar refractivity (Wildman–Crippen MR) is 127 cm³/mol. The molecule has 170 valence electrons. The second-order valence-corrected chi connectivity index (χ2v) is 9.54. The van der Waals surface area contributed by atoms with Crippen LogP contribution in [0, 0.1) is 0 Å². The molecule has 0 aliphatic heterocycles. The highest BCUT2D eigenvalue weighted by Crippen LogP contribution is 2.27. The van der Waals surface area contributed by atoms with Crippen LogP contribution in [0.3, 0.4) is 0 Å². The van der Waals surface area contributed by atoms with Crippen LogP contribution in [0.4, 0.5) is 11.4 Å². The van der Waals surface area contributed by atoms with Crippen LogP contribution in [0.25, 0.3) is 0 Å². The number of ether oxygens (including phenoxy) is 1. The quantitative estimate of drug-likeness (QED) is 0.469. The molecule has 10 heteroatoms. The number of benzene rings is 2. The first-order valence-corrected chi connectivity index (χ1v) is 12.5. The first-order valence-electron chi connectivity index (χ1n) is 9.85. The normalized spacial score (nSPS) is 11.1. The zero-order valence-corrected chi connectivity index (χ0v) is 19.9. The van der Waals surface area contributed by atoms with Crippen molar-refractivity contribution in [1.82, 2.24) is 5.32 Å². The zero-order chi connectivity index (χ0) is 22.9. The molecule has 0 fully saturated rings. The van der Waals surface area contributed by atoms with Crippen LogP contribution >= 0.6 is 23.2 Å². The number of rotatable bonds is 12. The van der Waals surface area contributed by atoms with Crippen molar-refractivity contribution >= 4 is 50.5 Å². The van der Waals surface area contributed by atoms with E-state index in [0.717, 1.165) is 31.3 Å². The van der Waals surface area contributed by atoms with Gasteiger partial charge in [0.2, 0.25) is 10.0 Å². The maximum Gasteiger partial charge on any atom is 0.258 e. The van der Waals surface area contributed by atoms with E-state index in [1.165, 1.54) is 0 Å². The van der Waals surface area contributed by atoms with E-state index >= 15 is 0 Å². The monoisotopic (exact) mass is 487 g/mol. The molecule has 1 amide bonds. The molecule has 2 aromatic carbocycles. The highest BCUT2D eigenvalue weighted by atomic mass is 35.5. The SMILES string of the molecule is CCCCN(CCNC(=O)COc1ccc(NS(C)(=O)=O)cc1)c1ccc(Cl)c(Cl)c1. The fraction of sp³-hybridized carbons (Fsp3) is 0.381. The third-order valence-corrected chi connectivity index (χ3v) is 5.63. The Morgan fingerprint density at radius 3 is 2.39 bits per heavy atom. The number of carbonyl (C=O) groups is 1. The molecule has 0 saturated heterocycles. The molecule has 2 rings (SSSR count). The van der Waals surface area contributed by atoms with Crippen LogP contribution in [0.5, 0.6) is 5.75 Å². The summed E-state index contributed by atoms with van der Waals surface area (Å²) in [5, 5.41) is 3.84. The molecule has 0 radical (unpaired) electrons. The summed E-state index contributed by atoms with van der Waals surface area (Å²) < 4.78 is 30.3. The highest BCUT2D eigenvalue weighted by Gasteiger charge is 2.10. The van der Waals surface area contributed by atoms with Gasteiger partial charge in [0.25, 0.3) is 5.91 Å². The number of anilines is 2. The van der Waals surface area contributed by atoms with Crippen molar-refractivity contribution in [3.63, 3.8) is 0 Å². The van der Waals surface area contributed by atoms with Gasteiger partial charge in [0.15, 0.2) is 6.61 Å². The molecule has 0 atom stereocenters. The van der Waals surface area contributed by atoms with Crippen LogP contribution in [-0.2, 0) is 14.8 Å². The predicted octanol–water partition coefficient (Wildman–Crippen LogP) is 4.17. The summed E-state index contributed by atoms with van der Waals surface area (Å²) in [5.74, 6) is 0.220. The molecular weight excluding hydrogens is 461 g/mol. The van der Waals surface area contributed by atoms with E-state index in [0.29, 0.717) is 34.6 Å². The Morgan fingerprint density at radius 2 is 1.77 bits per heavy atom. The minimum absolute atomic E-state index is 0.138. The summed E-state index contributed by atoms with van der Waals surface area (Å²) in [4.78, 5) is 14.3. The third-order valence-electron chi connectivity index (χ3n) is 4.28. The maximum atomic E-state index is 12.1. The fourth-order valence-corrected chi connectivity index (χ4v) is 3.62. The van der Waals surface area contributed by atoms with E-state index in [1.54, 1.807) is 30.3 Å². The minimum atomic E-state index is -3.34. The second-order valence-electron chi connectivity index (χ2n) is 6.98. The van der Waals surface area contributed by atoms with Gasteiger partial charge < -0.3 is 15.0 Å². The van der Waals surface area contributed by atoms with Gasteiger partial charge in [-0.15, -0.1) is 0 Å². The lowest BCUT2D eigenvalue weighted by atomic mass is 10.2. The average Bonchev–Trinajstić information content (AvgIpc) is 2.71. The Hall–Kier alpha value is -2.16. The summed E-state index contributed by atoms with van der Waals surface area (Å²) in [6.45, 7) is 3.89. The van der Waals surface area contributed by atoms with Gasteiger partial charge in [0.1, 0.15) is 5.75 Å². The molecule has 7 nitrogen and oxygen atoms in total. The standard InChI is InChI=1S/C21H27Cl2N3O4S/c1-3-4-12-26(17-7-10-19(22)20(23)14-17)13-11-24-21(27)15-30-18-8-5-16(6-9-18)25-31(2,28)29/h5-10,14,25H,3-4,11-13,15H2,1-2H3,(H,24,27). The van der Waals surface area contributed by atoms with Gasteiger partial charge >= 0.3 is 0 Å². The van der Waals surface area contributed by atoms with Gasteiger partial charge in [0.05, 0.1) is 16.3 Å². The summed E-state index contributed by atoms with van der Waals surface area (Å²) in [6, 6.07) is 11.8. The Morgan fingerprint density at radius 1 is 1.06 bits per heavy atom. The molecule has 0 aliphatic carbocycles. The molecule has 2 aromatic rings. The van der Waals surface area contributed by atoms with Crippen LogP contribution in [0.15, 0.2) is 42.5 Å². The average molecular weight is 488 g/mol. The molecule has 2 N–H and O–H groups in total. The molecule has 0 saturated carbocycles. The van der Waals surface area contributed by atoms with E-state index < -0.39 is 10.0 Å². The lowest BCUT2D eigenvalue weighted by Crippen LogP contribution is -2.37. The van der Waals surface area contributed by atoms with Gasteiger partial charge in [-0.25, -0.2) is 8.42 Å². The first kappa shape index (κ1) is 25.1. The van der Waals surface area contributed by atoms with E-state index in [2.05, 4.69) is 21.9 Å². The number of halogens is 2. The maximum absolute atomic E-state index is 12.1. The highest BCUT2D eigenvalue weighted by molar-refractivity contribution is 7.92. The van der Waals surface area contributed by atoms with Gasteiger partial charge in [-0.05, 0) is 48.9 Å². The number of sulfonamides is 1. The summed E-state index contributed by atoms with van der Waals surface area (Å²) in [5.41, 5.74) is 1.38. The van der Waals surface area contributed by atoms with Crippen LogP contribution in [-0.4, -0.2) is 46.8 Å². The Kier molecular flexibility index (Phi) is 9.74. The molecule has 0 aromatic heterocycles. The lowest BCUT2D eigenvalue weighted by Gasteiger charge is -2.25. The van der Waals surface area contributed by atoms with Crippen LogP contribution in [0.1, 0.15) is 19.8 Å². The van der Waals surface area contributed by atoms with Crippen molar-refractivity contribution in [2.45, 2.75) is 19.8 Å². The zero-order valence-electron chi connectivity index (χ0n) is 17.5. The van der Waals surface area contributed by atoms with E-state index in [-0.39, 0.29) is 12.5 Å². The van der Waals surface area contributed by atoms with Crippen molar-refractivity contribution < 1.29 is 17.9 Å². The lowest BCUT2D eigenvalue weighted by molar-refractivity contribution is -0.123. The summed E-state index contributed by atoms with van der Waals surface area (Å²) in [7, 11) is -3.34. The number of unbranched alkanes of at least 4 members (excludes halogenated alkanes) is 1. The number of hydrogen-bond acceptors (Lipinski definition) is 5. The smallest absolute Gasteiger partial charge is 0.258 e. The number of amides is 1. The fourth-order valence-electron chi connectivity index (χ4n) is 2.76. The van der Waals surface area contributed by atoms with Gasteiger partial charge in [-0.3, -0.25) is 9.52 Å². The van der Waals surface area contributed by atoms with E-state index in [1.807, 2.05) is 12.1 Å². The summed E-state index contributed by atoms with van der Waals surface area (Å²) in [6.07, 6.45) is 3.14. The van der Waals surface area contributed by atoms with E-state index in [4.69, 9.17) is 27.9 Å². The Labute approximate surface area is 193 Å². The first-order chi connectivity index (χ1) is 14.7. The van der Waals surface area contributed by atoms with Crippen molar-refractivity contribution in [3.8, 4) is 5.75 Å². The topological polar surface area (TPSA) is 87.7 Å². The molecule has 31 heavy (non-hydrogen) atoms. The van der Waals surface area contributed by atoms with Gasteiger partial charge in [-0.1, -0.05) is 36.5 Å². The number of carbonyl (C=O) groups excluding carboxylic acids is 1. The molecule has 0 bridgehead atoms. The number of nitrogens with zero attached hydrogens (tertiary/aromatic N) is 1. The second kappa shape index (κ2) is 12.0. The van der Waals surface area contributed by atoms with Crippen LogP contribution in [0.2, 0.25) is 10.0 Å². The molecule has 0 spiro atoms. The van der Waals surface area contributed by atoms with Crippen molar-refractivity contribution in [2.24, 2.45) is 0 Å². The largest absolute Gasteiger partial charge is 0.484 e. The Bertz CT molecular complexity index is 969. The van der Waals surface area contributed by atoms with Gasteiger partial charge in [-0.2, -0.15) is 0 Å². The Balaban J connectivity index is 1.81. The molecule has 0 heterocycles. The van der Waals surface area contributed by atoms with Crippen molar-refractivity contribution in [1.29, 1.82) is 0 Å². The molecule has 0 aliphatic rings. The van der Waals surface area contributed by atoms with Crippen LogP contribution < -0.4 is 19.7 Å². The summed E-state index contributed by atoms with van der Waals surface area (Å²) >= 11 is 12.1. The number of nitrogens with one attached hydrogen (secondary N) is 2. The van der Waals surface area contributed by atoms with E-state index in [9.17, 15) is 13.2 Å². The number of hydrogen-bond donors (Lipinski definition) is 2.